The third-order valence-corrected chi connectivity index (χ3v) is 6.19. The molecule has 0 saturated carbocycles. The highest BCUT2D eigenvalue weighted by Gasteiger charge is 2.30. The largest absolute Gasteiger partial charge is 0.508 e. The summed E-state index contributed by atoms with van der Waals surface area (Å²) in [5.41, 5.74) is 11.7. The Balaban J connectivity index is 3.12. The third-order valence-electron chi connectivity index (χ3n) is 5.55. The average molecular weight is 556 g/mol. The van der Waals surface area contributed by atoms with Gasteiger partial charge >= 0.3 is 11.9 Å². The molecule has 0 fully saturated rings. The van der Waals surface area contributed by atoms with Gasteiger partial charge in [-0.15, -0.1) is 0 Å². The molecule has 0 aromatic heterocycles. The highest BCUT2D eigenvalue weighted by molar-refractivity contribution is 7.98. The van der Waals surface area contributed by atoms with Crippen LogP contribution < -0.4 is 27.4 Å². The number of phenols is 1. The van der Waals surface area contributed by atoms with Gasteiger partial charge in [-0.05, 0) is 61.9 Å². The molecule has 212 valence electrons. The van der Waals surface area contributed by atoms with Gasteiger partial charge in [0.05, 0.1) is 12.5 Å². The number of aliphatic carboxylic acids is 2. The second-order valence-electron chi connectivity index (χ2n) is 8.66. The standard InChI is InChI=1S/C24H37N5O8S/c1-38-11-9-18(24(36)37)28-22(34)17(4-2-3-10-25)27-23(35)19(12-14-5-7-15(30)8-6-14)29-21(33)16(26)13-20(31)32/h5-8,16-19,30H,2-4,9-13,25-26H2,1H3,(H,27,35)(H,28,34)(H,29,33)(H,31,32)(H,36,37). The number of carbonyl (C=O) groups is 5. The molecule has 13 nitrogen and oxygen atoms in total. The van der Waals surface area contributed by atoms with Crippen molar-refractivity contribution in [3.8, 4) is 5.75 Å². The number of carboxylic acid groups (broad SMARTS) is 2. The predicted molar refractivity (Wildman–Crippen MR) is 141 cm³/mol. The van der Waals surface area contributed by atoms with E-state index in [1.165, 1.54) is 36.0 Å². The number of unbranched alkanes of at least 4 members (excludes halogenated alkanes) is 1. The first-order chi connectivity index (χ1) is 18.0. The number of benzene rings is 1. The molecule has 0 aliphatic rings. The molecule has 1 rings (SSSR count). The number of nitrogens with one attached hydrogen (secondary N) is 3. The van der Waals surface area contributed by atoms with Crippen LogP contribution >= 0.6 is 11.8 Å². The molecule has 0 saturated heterocycles. The van der Waals surface area contributed by atoms with Crippen molar-refractivity contribution in [2.75, 3.05) is 18.6 Å². The van der Waals surface area contributed by atoms with E-state index in [-0.39, 0.29) is 25.0 Å². The van der Waals surface area contributed by atoms with Gasteiger partial charge in [0, 0.05) is 6.42 Å². The lowest BCUT2D eigenvalue weighted by molar-refractivity contribution is -0.142. The van der Waals surface area contributed by atoms with Crippen LogP contribution in [-0.2, 0) is 30.4 Å². The van der Waals surface area contributed by atoms with Crippen LogP contribution in [0.5, 0.6) is 5.75 Å². The fourth-order valence-corrected chi connectivity index (χ4v) is 3.91. The number of phenolic OH excluding ortho intramolecular Hbond substituents is 1. The molecule has 0 spiro atoms. The van der Waals surface area contributed by atoms with E-state index in [9.17, 15) is 34.2 Å². The van der Waals surface area contributed by atoms with Gasteiger partial charge in [-0.25, -0.2) is 4.79 Å². The Labute approximate surface area is 225 Å². The predicted octanol–water partition coefficient (Wildman–Crippen LogP) is -0.842. The van der Waals surface area contributed by atoms with E-state index >= 15 is 0 Å². The van der Waals surface area contributed by atoms with E-state index in [4.69, 9.17) is 16.6 Å². The van der Waals surface area contributed by atoms with E-state index in [0.29, 0.717) is 30.7 Å². The Morgan fingerprint density at radius 3 is 2.00 bits per heavy atom. The van der Waals surface area contributed by atoms with Gasteiger partial charge in [0.25, 0.3) is 0 Å². The normalized spacial score (nSPS) is 14.0. The quantitative estimate of drug-likeness (QED) is 0.104. The highest BCUT2D eigenvalue weighted by atomic mass is 32.2. The van der Waals surface area contributed by atoms with Gasteiger partial charge in [0.2, 0.25) is 17.7 Å². The van der Waals surface area contributed by atoms with Crippen molar-refractivity contribution >= 4 is 41.4 Å². The summed E-state index contributed by atoms with van der Waals surface area (Å²) in [7, 11) is 0. The summed E-state index contributed by atoms with van der Waals surface area (Å²) >= 11 is 1.43. The zero-order valence-electron chi connectivity index (χ0n) is 21.2. The first-order valence-corrected chi connectivity index (χ1v) is 13.5. The molecule has 1 aromatic rings. The number of amides is 3. The Kier molecular flexibility index (Phi) is 14.8. The summed E-state index contributed by atoms with van der Waals surface area (Å²) in [6.07, 6.45) is 2.48. The highest BCUT2D eigenvalue weighted by Crippen LogP contribution is 2.12. The average Bonchev–Trinajstić information content (AvgIpc) is 2.85. The second kappa shape index (κ2) is 17.2. The van der Waals surface area contributed by atoms with Crippen LogP contribution in [0, 0.1) is 0 Å². The Morgan fingerprint density at radius 2 is 1.45 bits per heavy atom. The zero-order valence-corrected chi connectivity index (χ0v) is 22.0. The third kappa shape index (κ3) is 12.3. The van der Waals surface area contributed by atoms with E-state index in [1.54, 1.807) is 0 Å². The number of hydrogen-bond donors (Lipinski definition) is 8. The topological polar surface area (TPSA) is 234 Å². The van der Waals surface area contributed by atoms with Crippen LogP contribution in [-0.4, -0.2) is 87.7 Å². The fourth-order valence-electron chi connectivity index (χ4n) is 3.44. The molecule has 3 amide bonds. The Bertz CT molecular complexity index is 946. The number of thioether (sulfide) groups is 1. The number of hydrogen-bond acceptors (Lipinski definition) is 9. The van der Waals surface area contributed by atoms with E-state index in [0.717, 1.165) is 0 Å². The SMILES string of the molecule is CSCCC(NC(=O)C(CCCCN)NC(=O)C(Cc1ccc(O)cc1)NC(=O)C(N)CC(=O)O)C(=O)O. The summed E-state index contributed by atoms with van der Waals surface area (Å²) in [4.78, 5) is 61.3. The van der Waals surface area contributed by atoms with Crippen LogP contribution in [0.1, 0.15) is 37.7 Å². The number of nitrogens with two attached hydrogens (primary N) is 2. The van der Waals surface area contributed by atoms with Crippen LogP contribution in [0.4, 0.5) is 0 Å². The summed E-state index contributed by atoms with van der Waals surface area (Å²) < 4.78 is 0. The summed E-state index contributed by atoms with van der Waals surface area (Å²) in [5.74, 6) is -4.33. The van der Waals surface area contributed by atoms with Crippen molar-refractivity contribution in [3.05, 3.63) is 29.8 Å². The van der Waals surface area contributed by atoms with Crippen molar-refractivity contribution in [3.63, 3.8) is 0 Å². The maximum absolute atomic E-state index is 13.3. The first kappa shape index (κ1) is 32.7. The summed E-state index contributed by atoms with van der Waals surface area (Å²) in [6.45, 7) is 0.356. The van der Waals surface area contributed by atoms with Crippen LogP contribution in [0.3, 0.4) is 0 Å². The minimum atomic E-state index is -1.42. The Hall–Kier alpha value is -3.36. The molecule has 4 unspecified atom stereocenters. The van der Waals surface area contributed by atoms with E-state index < -0.39 is 60.2 Å². The van der Waals surface area contributed by atoms with Gasteiger partial charge in [0.1, 0.15) is 23.9 Å². The molecule has 10 N–H and O–H groups in total. The van der Waals surface area contributed by atoms with Gasteiger partial charge in [-0.2, -0.15) is 11.8 Å². The molecule has 0 radical (unpaired) electrons. The second-order valence-corrected chi connectivity index (χ2v) is 9.65. The molecule has 0 heterocycles. The number of carboxylic acids is 2. The molecule has 14 heteroatoms. The van der Waals surface area contributed by atoms with Crippen molar-refractivity contribution in [2.45, 2.75) is 62.7 Å². The smallest absolute Gasteiger partial charge is 0.326 e. The summed E-state index contributed by atoms with van der Waals surface area (Å²) in [6, 6.07) is 0.934. The first-order valence-electron chi connectivity index (χ1n) is 12.1. The molecule has 1 aromatic carbocycles. The van der Waals surface area contributed by atoms with Crippen LogP contribution in [0.15, 0.2) is 24.3 Å². The van der Waals surface area contributed by atoms with Gasteiger partial charge in [0.15, 0.2) is 0 Å². The van der Waals surface area contributed by atoms with E-state index in [1.807, 2.05) is 6.26 Å². The molecule has 0 aliphatic heterocycles. The zero-order chi connectivity index (χ0) is 28.7. The Morgan fingerprint density at radius 1 is 0.868 bits per heavy atom. The minimum Gasteiger partial charge on any atom is -0.508 e. The van der Waals surface area contributed by atoms with Crippen LogP contribution in [0.25, 0.3) is 0 Å². The van der Waals surface area contributed by atoms with Gasteiger partial charge in [-0.3, -0.25) is 19.2 Å². The number of rotatable bonds is 18. The molecular weight excluding hydrogens is 518 g/mol. The van der Waals surface area contributed by atoms with Crippen molar-refractivity contribution in [1.29, 1.82) is 0 Å². The molecule has 4 atom stereocenters. The molecule has 0 aliphatic carbocycles. The van der Waals surface area contributed by atoms with Crippen molar-refractivity contribution in [1.82, 2.24) is 16.0 Å². The van der Waals surface area contributed by atoms with Crippen LogP contribution in [0.2, 0.25) is 0 Å². The van der Waals surface area contributed by atoms with E-state index in [2.05, 4.69) is 16.0 Å². The van der Waals surface area contributed by atoms with Crippen molar-refractivity contribution in [2.24, 2.45) is 11.5 Å². The molecule has 38 heavy (non-hydrogen) atoms. The lowest BCUT2D eigenvalue weighted by Crippen LogP contribution is -2.57. The van der Waals surface area contributed by atoms with Gasteiger partial charge in [-0.1, -0.05) is 12.1 Å². The number of aromatic hydroxyl groups is 1. The maximum Gasteiger partial charge on any atom is 0.326 e. The number of carbonyl (C=O) groups excluding carboxylic acids is 3. The summed E-state index contributed by atoms with van der Waals surface area (Å²) in [5, 5.41) is 35.4. The monoisotopic (exact) mass is 555 g/mol. The lowest BCUT2D eigenvalue weighted by Gasteiger charge is -2.25. The fraction of sp³-hybridized carbons (Fsp3) is 0.542. The maximum atomic E-state index is 13.3. The molecule has 0 bridgehead atoms. The van der Waals surface area contributed by atoms with Gasteiger partial charge < -0.3 is 42.7 Å². The lowest BCUT2D eigenvalue weighted by atomic mass is 10.0. The molecular formula is C24H37N5O8S. The van der Waals surface area contributed by atoms with Crippen molar-refractivity contribution < 1.29 is 39.3 Å². The minimum absolute atomic E-state index is 0.00614.